The first kappa shape index (κ1) is 17.9. The van der Waals surface area contributed by atoms with Crippen molar-refractivity contribution >= 4 is 23.4 Å². The molecule has 1 aromatic carbocycles. The number of thiazole rings is 1. The molecule has 0 atom stereocenters. The Balaban J connectivity index is 2.54. The van der Waals surface area contributed by atoms with Crippen LogP contribution in [0.15, 0.2) is 35.3 Å². The first-order valence-corrected chi connectivity index (χ1v) is 8.58. The smallest absolute Gasteiger partial charge is 0.348 e. The van der Waals surface area contributed by atoms with Crippen LogP contribution < -0.4 is 0 Å². The Morgan fingerprint density at radius 2 is 2.17 bits per heavy atom. The number of hydrogen-bond acceptors (Lipinski definition) is 5. The van der Waals surface area contributed by atoms with Gasteiger partial charge in [-0.25, -0.2) is 9.78 Å². The number of carbonyl (C=O) groups excluding carboxylic acids is 1. The van der Waals surface area contributed by atoms with Gasteiger partial charge in [-0.3, -0.25) is 0 Å². The minimum Gasteiger partial charge on any atom is -0.462 e. The molecule has 2 aromatic rings. The van der Waals surface area contributed by atoms with E-state index in [9.17, 15) is 10.1 Å². The highest BCUT2D eigenvalue weighted by atomic mass is 32.1. The lowest BCUT2D eigenvalue weighted by Gasteiger charge is -2.22. The third-order valence-corrected chi connectivity index (χ3v) is 4.28. The van der Waals surface area contributed by atoms with E-state index in [4.69, 9.17) is 4.74 Å². The van der Waals surface area contributed by atoms with Crippen molar-refractivity contribution in [3.8, 4) is 16.6 Å². The number of carbonyl (C=O) groups is 1. The summed E-state index contributed by atoms with van der Waals surface area (Å²) in [7, 11) is 0. The van der Waals surface area contributed by atoms with Crippen molar-refractivity contribution in [3.63, 3.8) is 0 Å². The molecule has 0 saturated heterocycles. The second-order valence-corrected chi connectivity index (χ2v) is 7.17. The summed E-state index contributed by atoms with van der Waals surface area (Å²) < 4.78 is 4.94. The molecule has 0 unspecified atom stereocenters. The highest BCUT2D eigenvalue weighted by Gasteiger charge is 2.20. The zero-order valence-electron chi connectivity index (χ0n) is 14.3. The van der Waals surface area contributed by atoms with Gasteiger partial charge in [0.15, 0.2) is 0 Å². The molecule has 1 aromatic heterocycles. The maximum atomic E-state index is 11.9. The average molecular weight is 340 g/mol. The molecule has 0 aliphatic rings. The van der Waals surface area contributed by atoms with E-state index in [1.807, 2.05) is 23.6 Å². The predicted molar refractivity (Wildman–Crippen MR) is 96.5 cm³/mol. The fraction of sp³-hybridized carbons (Fsp3) is 0.316. The summed E-state index contributed by atoms with van der Waals surface area (Å²) in [6.07, 6.45) is 3.38. The number of benzene rings is 1. The minimum absolute atomic E-state index is 0.00403. The van der Waals surface area contributed by atoms with Crippen LogP contribution >= 0.6 is 11.3 Å². The highest BCUT2D eigenvalue weighted by molar-refractivity contribution is 7.13. The van der Waals surface area contributed by atoms with Crippen LogP contribution in [0, 0.1) is 11.3 Å². The maximum absolute atomic E-state index is 11.9. The number of ether oxygens (including phenoxy) is 1. The fourth-order valence-electron chi connectivity index (χ4n) is 2.33. The molecule has 24 heavy (non-hydrogen) atoms. The van der Waals surface area contributed by atoms with Crippen molar-refractivity contribution in [2.75, 3.05) is 6.61 Å². The van der Waals surface area contributed by atoms with Crippen molar-refractivity contribution in [2.24, 2.45) is 0 Å². The van der Waals surface area contributed by atoms with Crippen LogP contribution in [-0.2, 0) is 14.9 Å². The molecular weight excluding hydrogens is 320 g/mol. The largest absolute Gasteiger partial charge is 0.462 e. The zero-order valence-corrected chi connectivity index (χ0v) is 15.1. The van der Waals surface area contributed by atoms with E-state index in [1.54, 1.807) is 30.5 Å². The lowest BCUT2D eigenvalue weighted by molar-refractivity contribution is -0.137. The zero-order chi connectivity index (χ0) is 17.7. The van der Waals surface area contributed by atoms with E-state index in [-0.39, 0.29) is 17.6 Å². The van der Waals surface area contributed by atoms with Crippen molar-refractivity contribution in [1.82, 2.24) is 4.98 Å². The minimum atomic E-state index is -0.594. The molecule has 0 aliphatic carbocycles. The highest BCUT2D eigenvalue weighted by Crippen LogP contribution is 2.32. The maximum Gasteiger partial charge on any atom is 0.348 e. The number of nitrogens with zero attached hydrogens (tertiary/aromatic N) is 2. The Morgan fingerprint density at radius 3 is 2.71 bits per heavy atom. The molecule has 5 heteroatoms. The number of hydrogen-bond donors (Lipinski definition) is 0. The van der Waals surface area contributed by atoms with E-state index >= 15 is 0 Å². The van der Waals surface area contributed by atoms with Gasteiger partial charge in [0.05, 0.1) is 6.61 Å². The Hall–Kier alpha value is -2.45. The third kappa shape index (κ3) is 4.09. The standard InChI is InChI=1S/C19H20N2O2S/c1-5-23-18(22)15(12-20)10-13-6-7-14(17-21-8-9-24-17)11-16(13)19(2,3)4/h6-11H,5H2,1-4H3/b15-10+. The van der Waals surface area contributed by atoms with Gasteiger partial charge in [0.1, 0.15) is 16.6 Å². The Bertz CT molecular complexity index is 794. The molecule has 124 valence electrons. The number of esters is 1. The molecule has 0 amide bonds. The van der Waals surface area contributed by atoms with Crippen LogP contribution in [0.4, 0.5) is 0 Å². The van der Waals surface area contributed by atoms with Crippen molar-refractivity contribution in [1.29, 1.82) is 5.26 Å². The Morgan fingerprint density at radius 1 is 1.42 bits per heavy atom. The van der Waals surface area contributed by atoms with Crippen LogP contribution in [0.3, 0.4) is 0 Å². The molecule has 4 nitrogen and oxygen atoms in total. The van der Waals surface area contributed by atoms with Crippen LogP contribution in [0.2, 0.25) is 0 Å². The summed E-state index contributed by atoms with van der Waals surface area (Å²) in [6, 6.07) is 7.89. The molecule has 0 fully saturated rings. The molecule has 0 spiro atoms. The third-order valence-electron chi connectivity index (χ3n) is 3.46. The number of nitriles is 1. The summed E-state index contributed by atoms with van der Waals surface area (Å²) >= 11 is 1.58. The summed E-state index contributed by atoms with van der Waals surface area (Å²) in [5.74, 6) is -0.594. The summed E-state index contributed by atoms with van der Waals surface area (Å²) in [5, 5.41) is 12.1. The summed E-state index contributed by atoms with van der Waals surface area (Å²) in [5.41, 5.74) is 2.78. The van der Waals surface area contributed by atoms with Gasteiger partial charge in [0, 0.05) is 17.1 Å². The van der Waals surface area contributed by atoms with Crippen molar-refractivity contribution in [3.05, 3.63) is 46.5 Å². The van der Waals surface area contributed by atoms with Crippen molar-refractivity contribution in [2.45, 2.75) is 33.1 Å². The van der Waals surface area contributed by atoms with Gasteiger partial charge in [-0.05, 0) is 35.6 Å². The predicted octanol–water partition coefficient (Wildman–Crippen LogP) is 4.58. The Kier molecular flexibility index (Phi) is 5.53. The normalized spacial score (nSPS) is 11.9. The van der Waals surface area contributed by atoms with Gasteiger partial charge < -0.3 is 4.74 Å². The lowest BCUT2D eigenvalue weighted by Crippen LogP contribution is -2.14. The molecule has 2 rings (SSSR count). The fourth-order valence-corrected chi connectivity index (χ4v) is 2.97. The average Bonchev–Trinajstić information content (AvgIpc) is 3.06. The first-order valence-electron chi connectivity index (χ1n) is 7.70. The number of rotatable bonds is 4. The van der Waals surface area contributed by atoms with Gasteiger partial charge in [0.25, 0.3) is 0 Å². The van der Waals surface area contributed by atoms with Crippen LogP contribution in [0.1, 0.15) is 38.8 Å². The summed E-state index contributed by atoms with van der Waals surface area (Å²) in [6.45, 7) is 8.26. The van der Waals surface area contributed by atoms with E-state index < -0.39 is 5.97 Å². The Labute approximate surface area is 146 Å². The molecule has 0 aliphatic heterocycles. The van der Waals surface area contributed by atoms with Crippen LogP contribution in [0.25, 0.3) is 16.6 Å². The van der Waals surface area contributed by atoms with E-state index in [0.29, 0.717) is 0 Å². The summed E-state index contributed by atoms with van der Waals surface area (Å²) in [4.78, 5) is 16.2. The van der Waals surface area contributed by atoms with Crippen molar-refractivity contribution < 1.29 is 9.53 Å². The van der Waals surface area contributed by atoms with Gasteiger partial charge in [0.2, 0.25) is 0 Å². The molecule has 0 saturated carbocycles. The first-order chi connectivity index (χ1) is 11.4. The van der Waals surface area contributed by atoms with E-state index in [0.717, 1.165) is 21.7 Å². The molecule has 1 heterocycles. The van der Waals surface area contributed by atoms with Gasteiger partial charge >= 0.3 is 5.97 Å². The van der Waals surface area contributed by atoms with Gasteiger partial charge in [-0.15, -0.1) is 11.3 Å². The quantitative estimate of drug-likeness (QED) is 0.464. The molecule has 0 bridgehead atoms. The van der Waals surface area contributed by atoms with Crippen LogP contribution in [-0.4, -0.2) is 17.6 Å². The van der Waals surface area contributed by atoms with Crippen LogP contribution in [0.5, 0.6) is 0 Å². The lowest BCUT2D eigenvalue weighted by atomic mass is 9.82. The number of aromatic nitrogens is 1. The topological polar surface area (TPSA) is 63.0 Å². The van der Waals surface area contributed by atoms with E-state index in [1.165, 1.54) is 0 Å². The van der Waals surface area contributed by atoms with Gasteiger partial charge in [-0.1, -0.05) is 32.9 Å². The second kappa shape index (κ2) is 7.41. The molecular formula is C19H20N2O2S. The molecule has 0 N–H and O–H groups in total. The SMILES string of the molecule is CCOC(=O)/C(C#N)=C/c1ccc(-c2nccs2)cc1C(C)(C)C. The second-order valence-electron chi connectivity index (χ2n) is 6.28. The van der Waals surface area contributed by atoms with Gasteiger partial charge in [-0.2, -0.15) is 5.26 Å². The monoisotopic (exact) mass is 340 g/mol. The molecule has 0 radical (unpaired) electrons. The van der Waals surface area contributed by atoms with E-state index in [2.05, 4.69) is 31.8 Å².